The van der Waals surface area contributed by atoms with Gasteiger partial charge < -0.3 is 9.88 Å². The van der Waals surface area contributed by atoms with E-state index in [0.717, 1.165) is 30.5 Å². The lowest BCUT2D eigenvalue weighted by atomic mass is 10.1. The first-order chi connectivity index (χ1) is 12.8. The maximum absolute atomic E-state index is 3.98. The molecule has 0 unspecified atom stereocenters. The fourth-order valence-electron chi connectivity index (χ4n) is 3.34. The van der Waals surface area contributed by atoms with Crippen LogP contribution in [-0.4, -0.2) is 37.1 Å². The van der Waals surface area contributed by atoms with E-state index in [-0.39, 0.29) is 0 Å². The van der Waals surface area contributed by atoms with E-state index in [9.17, 15) is 0 Å². The molecule has 0 fully saturated rings. The molecular weight excluding hydrogens is 344 g/mol. The Morgan fingerprint density at radius 1 is 1.08 bits per heavy atom. The number of tetrazole rings is 1. The summed E-state index contributed by atoms with van der Waals surface area (Å²) in [5.41, 5.74) is 3.92. The summed E-state index contributed by atoms with van der Waals surface area (Å²) < 4.78 is 4.08. The molecule has 4 rings (SSSR count). The van der Waals surface area contributed by atoms with Crippen molar-refractivity contribution in [3.05, 3.63) is 48.0 Å². The van der Waals surface area contributed by atoms with Crippen molar-refractivity contribution in [2.45, 2.75) is 25.2 Å². The average molecular weight is 366 g/mol. The van der Waals surface area contributed by atoms with E-state index >= 15 is 0 Å². The fourth-order valence-corrected chi connectivity index (χ4v) is 4.09. The zero-order valence-corrected chi connectivity index (χ0v) is 15.8. The largest absolute Gasteiger partial charge is 0.341 e. The van der Waals surface area contributed by atoms with Gasteiger partial charge in [-0.1, -0.05) is 36.0 Å². The number of benzene rings is 2. The number of nitrogens with one attached hydrogen (secondary N) is 1. The van der Waals surface area contributed by atoms with Crippen LogP contribution in [0.2, 0.25) is 0 Å². The van der Waals surface area contributed by atoms with E-state index in [4.69, 9.17) is 0 Å². The predicted molar refractivity (Wildman–Crippen MR) is 106 cm³/mol. The second kappa shape index (κ2) is 7.47. The van der Waals surface area contributed by atoms with Gasteiger partial charge in [-0.3, -0.25) is 0 Å². The Labute approximate surface area is 156 Å². The van der Waals surface area contributed by atoms with Crippen LogP contribution in [0.25, 0.3) is 21.8 Å². The molecule has 0 amide bonds. The number of hydrogen-bond acceptors (Lipinski definition) is 5. The Hall–Kier alpha value is -2.38. The van der Waals surface area contributed by atoms with E-state index in [1.54, 1.807) is 16.4 Å². The summed E-state index contributed by atoms with van der Waals surface area (Å²) in [7, 11) is 1.86. The van der Waals surface area contributed by atoms with E-state index in [1.165, 1.54) is 27.4 Å². The van der Waals surface area contributed by atoms with Gasteiger partial charge in [-0.15, -0.1) is 5.10 Å². The number of aromatic nitrogens is 5. The van der Waals surface area contributed by atoms with Gasteiger partial charge in [0.2, 0.25) is 5.16 Å². The van der Waals surface area contributed by atoms with Crippen molar-refractivity contribution in [2.75, 3.05) is 12.3 Å². The SMILES string of the molecule is CCn1c2ccccc2c2cc(CNCCSc3nnnn3C)ccc21. The van der Waals surface area contributed by atoms with Gasteiger partial charge >= 0.3 is 0 Å². The Kier molecular flexibility index (Phi) is 4.90. The Balaban J connectivity index is 1.44. The van der Waals surface area contributed by atoms with Crippen molar-refractivity contribution in [3.63, 3.8) is 0 Å². The molecule has 2 aromatic carbocycles. The number of fused-ring (bicyclic) bond motifs is 3. The van der Waals surface area contributed by atoms with E-state index in [2.05, 4.69) is 74.8 Å². The smallest absolute Gasteiger partial charge is 0.209 e. The lowest BCUT2D eigenvalue weighted by Crippen LogP contribution is -2.16. The van der Waals surface area contributed by atoms with Gasteiger partial charge in [-0.05, 0) is 41.1 Å². The standard InChI is InChI=1S/C19H22N6S/c1-3-25-17-7-5-4-6-15(17)16-12-14(8-9-18(16)25)13-20-10-11-26-19-21-22-23-24(19)2/h4-9,12,20H,3,10-11,13H2,1-2H3. The number of aryl methyl sites for hydroxylation is 2. The molecule has 0 aliphatic carbocycles. The van der Waals surface area contributed by atoms with Gasteiger partial charge in [0.25, 0.3) is 0 Å². The quantitative estimate of drug-likeness (QED) is 0.402. The molecule has 0 aliphatic heterocycles. The van der Waals surface area contributed by atoms with Crippen molar-refractivity contribution < 1.29 is 0 Å². The van der Waals surface area contributed by atoms with Gasteiger partial charge in [-0.25, -0.2) is 4.68 Å². The lowest BCUT2D eigenvalue weighted by Gasteiger charge is -2.06. The minimum Gasteiger partial charge on any atom is -0.341 e. The lowest BCUT2D eigenvalue weighted by molar-refractivity contribution is 0.663. The summed E-state index contributed by atoms with van der Waals surface area (Å²) in [4.78, 5) is 0. The van der Waals surface area contributed by atoms with Gasteiger partial charge in [0, 0.05) is 54.2 Å². The van der Waals surface area contributed by atoms with Gasteiger partial charge in [-0.2, -0.15) is 0 Å². The van der Waals surface area contributed by atoms with Crippen LogP contribution in [-0.2, 0) is 20.1 Å². The number of nitrogens with zero attached hydrogens (tertiary/aromatic N) is 5. The van der Waals surface area contributed by atoms with Crippen LogP contribution in [0.4, 0.5) is 0 Å². The molecule has 2 aromatic heterocycles. The van der Waals surface area contributed by atoms with Gasteiger partial charge in [0.1, 0.15) is 0 Å². The highest BCUT2D eigenvalue weighted by Crippen LogP contribution is 2.29. The third-order valence-electron chi connectivity index (χ3n) is 4.57. The average Bonchev–Trinajstić information content (AvgIpc) is 3.22. The van der Waals surface area contributed by atoms with Crippen LogP contribution in [0.15, 0.2) is 47.6 Å². The van der Waals surface area contributed by atoms with Crippen LogP contribution in [0, 0.1) is 0 Å². The first kappa shape index (κ1) is 17.1. The Bertz CT molecular complexity index is 1040. The molecule has 0 spiro atoms. The number of hydrogen-bond donors (Lipinski definition) is 1. The number of thioether (sulfide) groups is 1. The van der Waals surface area contributed by atoms with Crippen molar-refractivity contribution >= 4 is 33.6 Å². The fraction of sp³-hybridized carbons (Fsp3) is 0.316. The van der Waals surface area contributed by atoms with Crippen molar-refractivity contribution in [1.29, 1.82) is 0 Å². The monoisotopic (exact) mass is 366 g/mol. The Morgan fingerprint density at radius 3 is 2.73 bits per heavy atom. The topological polar surface area (TPSA) is 60.6 Å². The molecular formula is C19H22N6S. The zero-order valence-electron chi connectivity index (χ0n) is 15.0. The molecule has 7 heteroatoms. The summed E-state index contributed by atoms with van der Waals surface area (Å²) in [5, 5.41) is 18.5. The minimum absolute atomic E-state index is 0.848. The summed E-state index contributed by atoms with van der Waals surface area (Å²) in [6.07, 6.45) is 0. The second-order valence-corrected chi connectivity index (χ2v) is 7.29. The predicted octanol–water partition coefficient (Wildman–Crippen LogP) is 3.22. The molecule has 1 N–H and O–H groups in total. The summed E-state index contributed by atoms with van der Waals surface area (Å²) >= 11 is 1.66. The zero-order chi connectivity index (χ0) is 17.9. The maximum Gasteiger partial charge on any atom is 0.209 e. The van der Waals surface area contributed by atoms with Crippen LogP contribution < -0.4 is 5.32 Å². The van der Waals surface area contributed by atoms with Crippen LogP contribution in [0.1, 0.15) is 12.5 Å². The third-order valence-corrected chi connectivity index (χ3v) is 5.59. The first-order valence-electron chi connectivity index (χ1n) is 8.83. The molecule has 0 aliphatic rings. The molecule has 4 aromatic rings. The maximum atomic E-state index is 3.98. The summed E-state index contributed by atoms with van der Waals surface area (Å²) in [6.45, 7) is 4.95. The molecule has 26 heavy (non-hydrogen) atoms. The highest BCUT2D eigenvalue weighted by atomic mass is 32.2. The molecule has 0 saturated carbocycles. The van der Waals surface area contributed by atoms with E-state index in [1.807, 2.05) is 7.05 Å². The molecule has 6 nitrogen and oxygen atoms in total. The van der Waals surface area contributed by atoms with Gasteiger partial charge in [0.05, 0.1) is 0 Å². The van der Waals surface area contributed by atoms with Gasteiger partial charge in [0.15, 0.2) is 0 Å². The molecule has 0 radical (unpaired) electrons. The Morgan fingerprint density at radius 2 is 1.92 bits per heavy atom. The summed E-state index contributed by atoms with van der Waals surface area (Å²) in [6, 6.07) is 15.4. The minimum atomic E-state index is 0.848. The first-order valence-corrected chi connectivity index (χ1v) is 9.82. The van der Waals surface area contributed by atoms with E-state index in [0.29, 0.717) is 0 Å². The van der Waals surface area contributed by atoms with E-state index < -0.39 is 0 Å². The molecule has 0 atom stereocenters. The third kappa shape index (κ3) is 3.20. The van der Waals surface area contributed by atoms with Crippen LogP contribution in [0.5, 0.6) is 0 Å². The molecule has 0 saturated heterocycles. The highest BCUT2D eigenvalue weighted by molar-refractivity contribution is 7.99. The second-order valence-electron chi connectivity index (χ2n) is 6.22. The number of para-hydroxylation sites is 1. The molecule has 0 bridgehead atoms. The molecule has 134 valence electrons. The van der Waals surface area contributed by atoms with Crippen LogP contribution >= 0.6 is 11.8 Å². The highest BCUT2D eigenvalue weighted by Gasteiger charge is 2.09. The normalized spacial score (nSPS) is 11.6. The van der Waals surface area contributed by atoms with Crippen molar-refractivity contribution in [3.8, 4) is 0 Å². The van der Waals surface area contributed by atoms with Crippen molar-refractivity contribution in [2.24, 2.45) is 7.05 Å². The van der Waals surface area contributed by atoms with Crippen LogP contribution in [0.3, 0.4) is 0 Å². The summed E-state index contributed by atoms with van der Waals surface area (Å²) in [5.74, 6) is 0.936. The number of rotatable bonds is 7. The molecule has 2 heterocycles. The van der Waals surface area contributed by atoms with Crippen molar-refractivity contribution in [1.82, 2.24) is 30.1 Å².